The van der Waals surface area contributed by atoms with Gasteiger partial charge < -0.3 is 0 Å². The highest BCUT2D eigenvalue weighted by Gasteiger charge is 2.46. The molecule has 0 amide bonds. The fourth-order valence-electron chi connectivity index (χ4n) is 4.10. The molecule has 21 heavy (non-hydrogen) atoms. The maximum Gasteiger partial charge on any atom is 0.157 e. The molecule has 120 valence electrons. The van der Waals surface area contributed by atoms with Crippen LogP contribution in [0.1, 0.15) is 72.1 Å². The van der Waals surface area contributed by atoms with Crippen molar-refractivity contribution in [2.45, 2.75) is 82.6 Å². The Morgan fingerprint density at radius 2 is 1.76 bits per heavy atom. The summed E-state index contributed by atoms with van der Waals surface area (Å²) in [5.74, 6) is 0.132. The van der Waals surface area contributed by atoms with Crippen LogP contribution in [0.15, 0.2) is 0 Å². The second-order valence-corrected chi connectivity index (χ2v) is 10.1. The van der Waals surface area contributed by atoms with Gasteiger partial charge in [0, 0.05) is 0 Å². The Hall–Kier alpha value is -0.560. The van der Waals surface area contributed by atoms with E-state index in [1.165, 1.54) is 0 Å². The van der Waals surface area contributed by atoms with Gasteiger partial charge in [0.15, 0.2) is 9.84 Å². The zero-order valence-electron chi connectivity index (χ0n) is 13.6. The molecule has 0 heterocycles. The lowest BCUT2D eigenvalue weighted by Gasteiger charge is -2.41. The zero-order valence-corrected chi connectivity index (χ0v) is 14.5. The molecule has 0 N–H and O–H groups in total. The minimum absolute atomic E-state index is 0.171. The van der Waals surface area contributed by atoms with Crippen molar-refractivity contribution in [3.63, 3.8) is 0 Å². The van der Waals surface area contributed by atoms with E-state index < -0.39 is 15.1 Å². The van der Waals surface area contributed by atoms with Crippen LogP contribution in [-0.2, 0) is 9.84 Å². The van der Waals surface area contributed by atoms with Crippen LogP contribution in [0.2, 0.25) is 0 Å². The van der Waals surface area contributed by atoms with Gasteiger partial charge in [0.1, 0.15) is 0 Å². The van der Waals surface area contributed by atoms with Gasteiger partial charge in [-0.25, -0.2) is 8.42 Å². The Bertz CT molecular complexity index is 497. The molecule has 2 fully saturated rings. The molecule has 3 unspecified atom stereocenters. The Kier molecular flexibility index (Phi) is 5.03. The van der Waals surface area contributed by atoms with E-state index >= 15 is 0 Å². The first-order chi connectivity index (χ1) is 9.82. The van der Waals surface area contributed by atoms with Gasteiger partial charge in [0.25, 0.3) is 0 Å². The molecule has 0 bridgehead atoms. The van der Waals surface area contributed by atoms with Crippen LogP contribution in [0.3, 0.4) is 0 Å². The van der Waals surface area contributed by atoms with E-state index in [1.807, 2.05) is 0 Å². The number of sulfone groups is 1. The van der Waals surface area contributed by atoms with E-state index in [-0.39, 0.29) is 16.6 Å². The minimum Gasteiger partial charge on any atom is -0.228 e. The first-order valence-electron chi connectivity index (χ1n) is 8.45. The van der Waals surface area contributed by atoms with E-state index in [4.69, 9.17) is 0 Å². The Balaban J connectivity index is 2.23. The molecule has 2 saturated carbocycles. The normalized spacial score (nSPS) is 32.0. The molecule has 4 heteroatoms. The fourth-order valence-corrected chi connectivity index (χ4v) is 6.74. The van der Waals surface area contributed by atoms with Crippen molar-refractivity contribution in [1.29, 1.82) is 5.26 Å². The quantitative estimate of drug-likeness (QED) is 0.785. The van der Waals surface area contributed by atoms with Gasteiger partial charge in [0.05, 0.1) is 22.5 Å². The van der Waals surface area contributed by atoms with Crippen LogP contribution in [-0.4, -0.2) is 18.9 Å². The van der Waals surface area contributed by atoms with Gasteiger partial charge in [0.2, 0.25) is 0 Å². The van der Waals surface area contributed by atoms with Crippen molar-refractivity contribution in [2.75, 3.05) is 0 Å². The van der Waals surface area contributed by atoms with E-state index in [0.29, 0.717) is 12.3 Å². The Morgan fingerprint density at radius 1 is 1.14 bits per heavy atom. The SMILES string of the molecule is CCC(C)(C)C1CCC(C#N)C(S(=O)(=O)C2CCCC2)C1. The summed E-state index contributed by atoms with van der Waals surface area (Å²) in [6.07, 6.45) is 7.16. The third kappa shape index (κ3) is 3.28. The molecule has 2 rings (SSSR count). The van der Waals surface area contributed by atoms with Gasteiger partial charge in [-0.1, -0.05) is 40.0 Å². The average molecular weight is 311 g/mol. The van der Waals surface area contributed by atoms with E-state index in [9.17, 15) is 13.7 Å². The second-order valence-electron chi connectivity index (χ2n) is 7.62. The molecule has 2 aliphatic rings. The second kappa shape index (κ2) is 6.28. The van der Waals surface area contributed by atoms with E-state index in [0.717, 1.165) is 44.9 Å². The van der Waals surface area contributed by atoms with Crippen LogP contribution in [0, 0.1) is 28.6 Å². The molecule has 3 nitrogen and oxygen atoms in total. The maximum absolute atomic E-state index is 13.0. The van der Waals surface area contributed by atoms with Gasteiger partial charge in [-0.3, -0.25) is 0 Å². The lowest BCUT2D eigenvalue weighted by atomic mass is 9.67. The molecule has 0 aromatic heterocycles. The first kappa shape index (κ1) is 16.8. The van der Waals surface area contributed by atoms with Crippen molar-refractivity contribution < 1.29 is 8.42 Å². The molecule has 0 saturated heterocycles. The molecule has 0 aromatic rings. The molecule has 0 radical (unpaired) electrons. The lowest BCUT2D eigenvalue weighted by molar-refractivity contribution is 0.141. The van der Waals surface area contributed by atoms with Crippen molar-refractivity contribution in [3.8, 4) is 6.07 Å². The van der Waals surface area contributed by atoms with Crippen LogP contribution >= 0.6 is 0 Å². The van der Waals surface area contributed by atoms with Gasteiger partial charge in [-0.05, 0) is 43.4 Å². The summed E-state index contributed by atoms with van der Waals surface area (Å²) in [7, 11) is -3.15. The van der Waals surface area contributed by atoms with Crippen molar-refractivity contribution in [1.82, 2.24) is 0 Å². The van der Waals surface area contributed by atoms with Crippen LogP contribution < -0.4 is 0 Å². The van der Waals surface area contributed by atoms with Crippen molar-refractivity contribution in [3.05, 3.63) is 0 Å². The molecular formula is C17H29NO2S. The summed E-state index contributed by atoms with van der Waals surface area (Å²) in [4.78, 5) is 0. The largest absolute Gasteiger partial charge is 0.228 e. The molecule has 0 spiro atoms. The summed E-state index contributed by atoms with van der Waals surface area (Å²) in [5, 5.41) is 8.80. The van der Waals surface area contributed by atoms with Gasteiger partial charge >= 0.3 is 0 Å². The third-order valence-electron chi connectivity index (χ3n) is 6.16. The molecule has 0 aromatic carbocycles. The Morgan fingerprint density at radius 3 is 2.29 bits per heavy atom. The summed E-state index contributed by atoms with van der Waals surface area (Å²) >= 11 is 0. The Labute approximate surface area is 130 Å². The monoisotopic (exact) mass is 311 g/mol. The topological polar surface area (TPSA) is 57.9 Å². The average Bonchev–Trinajstić information content (AvgIpc) is 3.01. The molecule has 3 atom stereocenters. The standard InChI is InChI=1S/C17H29NO2S/c1-4-17(2,3)14-10-9-13(12-18)16(11-14)21(19,20)15-7-5-6-8-15/h13-16H,4-11H2,1-3H3. The van der Waals surface area contributed by atoms with Crippen LogP contribution in [0.4, 0.5) is 0 Å². The summed E-state index contributed by atoms with van der Waals surface area (Å²) < 4.78 is 25.9. The van der Waals surface area contributed by atoms with Crippen molar-refractivity contribution in [2.24, 2.45) is 17.3 Å². The predicted molar refractivity (Wildman–Crippen MR) is 85.5 cm³/mol. The van der Waals surface area contributed by atoms with Gasteiger partial charge in [-0.15, -0.1) is 0 Å². The van der Waals surface area contributed by atoms with E-state index in [2.05, 4.69) is 26.8 Å². The highest BCUT2D eigenvalue weighted by molar-refractivity contribution is 7.92. The lowest BCUT2D eigenvalue weighted by Crippen LogP contribution is -2.43. The number of nitrogens with zero attached hydrogens (tertiary/aromatic N) is 1. The maximum atomic E-state index is 13.0. The summed E-state index contributed by atoms with van der Waals surface area (Å²) in [6.45, 7) is 6.66. The highest BCUT2D eigenvalue weighted by Crippen LogP contribution is 2.45. The number of hydrogen-bond acceptors (Lipinski definition) is 3. The van der Waals surface area contributed by atoms with E-state index in [1.54, 1.807) is 0 Å². The summed E-state index contributed by atoms with van der Waals surface area (Å²) in [5.41, 5.74) is 0.171. The van der Waals surface area contributed by atoms with Crippen molar-refractivity contribution >= 4 is 9.84 Å². The summed E-state index contributed by atoms with van der Waals surface area (Å²) in [6, 6.07) is 2.29. The predicted octanol–water partition coefficient (Wildman–Crippen LogP) is 4.09. The smallest absolute Gasteiger partial charge is 0.157 e. The zero-order chi connectivity index (χ0) is 15.7. The first-order valence-corrected chi connectivity index (χ1v) is 10.1. The molecular weight excluding hydrogens is 282 g/mol. The number of rotatable bonds is 4. The number of hydrogen-bond donors (Lipinski definition) is 0. The third-order valence-corrected chi connectivity index (χ3v) is 8.93. The fraction of sp³-hybridized carbons (Fsp3) is 0.941. The number of nitriles is 1. The van der Waals surface area contributed by atoms with Crippen LogP contribution in [0.5, 0.6) is 0 Å². The highest BCUT2D eigenvalue weighted by atomic mass is 32.2. The molecule has 0 aliphatic heterocycles. The van der Waals surface area contributed by atoms with Gasteiger partial charge in [-0.2, -0.15) is 5.26 Å². The molecule has 2 aliphatic carbocycles. The van der Waals surface area contributed by atoms with Crippen LogP contribution in [0.25, 0.3) is 0 Å². The minimum atomic E-state index is -3.15.